The number of hydrogen-bond donors (Lipinski definition) is 1. The lowest BCUT2D eigenvalue weighted by molar-refractivity contribution is -0.118. The minimum absolute atomic E-state index is 0.0365. The second-order valence-corrected chi connectivity index (χ2v) is 6.72. The molecule has 0 aliphatic rings. The standard InChI is InChI=1S/C22H27NO3/c1-5-15-25-19-13-9-18(10-14-19)23-21(24)16-26-20-11-7-17(8-12-20)22(3,4)6-2/h5,7-14H,1,6,15-16H2,2-4H3,(H,23,24). The highest BCUT2D eigenvalue weighted by Crippen LogP contribution is 2.28. The summed E-state index contributed by atoms with van der Waals surface area (Å²) >= 11 is 0. The van der Waals surface area contributed by atoms with Crippen molar-refractivity contribution in [2.75, 3.05) is 18.5 Å². The number of benzene rings is 2. The first-order chi connectivity index (χ1) is 12.4. The van der Waals surface area contributed by atoms with Crippen LogP contribution < -0.4 is 14.8 Å². The molecule has 0 heterocycles. The van der Waals surface area contributed by atoms with Crippen molar-refractivity contribution in [2.24, 2.45) is 0 Å². The predicted molar refractivity (Wildman–Crippen MR) is 106 cm³/mol. The van der Waals surface area contributed by atoms with Crippen LogP contribution in [-0.4, -0.2) is 19.1 Å². The van der Waals surface area contributed by atoms with Gasteiger partial charge in [0.2, 0.25) is 0 Å². The van der Waals surface area contributed by atoms with E-state index in [1.165, 1.54) is 5.56 Å². The second-order valence-electron chi connectivity index (χ2n) is 6.72. The summed E-state index contributed by atoms with van der Waals surface area (Å²) in [5, 5.41) is 2.80. The zero-order valence-corrected chi connectivity index (χ0v) is 15.7. The van der Waals surface area contributed by atoms with Gasteiger partial charge in [0.25, 0.3) is 5.91 Å². The summed E-state index contributed by atoms with van der Waals surface area (Å²) in [5.74, 6) is 1.21. The number of anilines is 1. The number of carbonyl (C=O) groups excluding carboxylic acids is 1. The SMILES string of the molecule is C=CCOc1ccc(NC(=O)COc2ccc(C(C)(C)CC)cc2)cc1. The summed E-state index contributed by atoms with van der Waals surface area (Å²) in [4.78, 5) is 12.0. The van der Waals surface area contributed by atoms with Gasteiger partial charge in [-0.05, 0) is 53.8 Å². The Balaban J connectivity index is 1.84. The van der Waals surface area contributed by atoms with Gasteiger partial charge in [0.15, 0.2) is 6.61 Å². The number of carbonyl (C=O) groups is 1. The highest BCUT2D eigenvalue weighted by Gasteiger charge is 2.17. The van der Waals surface area contributed by atoms with Gasteiger partial charge in [-0.2, -0.15) is 0 Å². The van der Waals surface area contributed by atoms with Crippen LogP contribution in [0.1, 0.15) is 32.8 Å². The van der Waals surface area contributed by atoms with E-state index in [9.17, 15) is 4.79 Å². The molecule has 0 aromatic heterocycles. The average Bonchev–Trinajstić information content (AvgIpc) is 2.66. The summed E-state index contributed by atoms with van der Waals surface area (Å²) in [6, 6.07) is 15.1. The van der Waals surface area contributed by atoms with Crippen molar-refractivity contribution in [1.82, 2.24) is 0 Å². The van der Waals surface area contributed by atoms with Crippen molar-refractivity contribution < 1.29 is 14.3 Å². The summed E-state index contributed by atoms with van der Waals surface area (Å²) in [7, 11) is 0. The Morgan fingerprint density at radius 1 is 1.04 bits per heavy atom. The van der Waals surface area contributed by atoms with Gasteiger partial charge in [0, 0.05) is 5.69 Å². The zero-order chi connectivity index (χ0) is 19.0. The van der Waals surface area contributed by atoms with Crippen molar-refractivity contribution in [3.63, 3.8) is 0 Å². The van der Waals surface area contributed by atoms with Gasteiger partial charge in [-0.15, -0.1) is 0 Å². The molecule has 0 aliphatic carbocycles. The molecule has 1 N–H and O–H groups in total. The summed E-state index contributed by atoms with van der Waals surface area (Å²) in [6.45, 7) is 10.6. The lowest BCUT2D eigenvalue weighted by Crippen LogP contribution is -2.20. The molecular weight excluding hydrogens is 326 g/mol. The van der Waals surface area contributed by atoms with Crippen LogP contribution in [0.2, 0.25) is 0 Å². The second kappa shape index (κ2) is 9.09. The third-order valence-electron chi connectivity index (χ3n) is 4.40. The Hall–Kier alpha value is -2.75. The zero-order valence-electron chi connectivity index (χ0n) is 15.7. The number of nitrogens with one attached hydrogen (secondary N) is 1. The molecule has 2 rings (SSSR count). The molecule has 0 atom stereocenters. The number of rotatable bonds is 9. The Morgan fingerprint density at radius 2 is 1.62 bits per heavy atom. The van der Waals surface area contributed by atoms with Crippen LogP contribution in [0.15, 0.2) is 61.2 Å². The molecule has 0 spiro atoms. The molecule has 138 valence electrons. The molecule has 0 saturated carbocycles. The van der Waals surface area contributed by atoms with Crippen LogP contribution in [-0.2, 0) is 10.2 Å². The van der Waals surface area contributed by atoms with E-state index in [2.05, 4.69) is 44.8 Å². The molecule has 0 fully saturated rings. The maximum atomic E-state index is 12.0. The van der Waals surface area contributed by atoms with Crippen molar-refractivity contribution in [3.05, 3.63) is 66.7 Å². The van der Waals surface area contributed by atoms with Gasteiger partial charge in [0.05, 0.1) is 0 Å². The number of ether oxygens (including phenoxy) is 2. The van der Waals surface area contributed by atoms with E-state index in [0.717, 1.165) is 12.2 Å². The average molecular weight is 353 g/mol. The monoisotopic (exact) mass is 353 g/mol. The van der Waals surface area contributed by atoms with E-state index in [1.54, 1.807) is 30.3 Å². The predicted octanol–water partition coefficient (Wildman–Crippen LogP) is 4.96. The first-order valence-corrected chi connectivity index (χ1v) is 8.81. The Labute approximate surface area is 155 Å². The Bertz CT molecular complexity index is 718. The highest BCUT2D eigenvalue weighted by molar-refractivity contribution is 5.91. The first-order valence-electron chi connectivity index (χ1n) is 8.81. The van der Waals surface area contributed by atoms with Crippen molar-refractivity contribution in [3.8, 4) is 11.5 Å². The first kappa shape index (κ1) is 19.6. The lowest BCUT2D eigenvalue weighted by atomic mass is 9.82. The van der Waals surface area contributed by atoms with Crippen LogP contribution in [0.5, 0.6) is 11.5 Å². The molecule has 0 aliphatic heterocycles. The van der Waals surface area contributed by atoms with Crippen molar-refractivity contribution in [1.29, 1.82) is 0 Å². The smallest absolute Gasteiger partial charge is 0.262 e. The molecule has 0 radical (unpaired) electrons. The van der Waals surface area contributed by atoms with Crippen LogP contribution in [0, 0.1) is 0 Å². The summed E-state index contributed by atoms with van der Waals surface area (Å²) < 4.78 is 11.0. The quantitative estimate of drug-likeness (QED) is 0.648. The molecular formula is C22H27NO3. The van der Waals surface area contributed by atoms with Gasteiger partial charge >= 0.3 is 0 Å². The van der Waals surface area contributed by atoms with Gasteiger partial charge < -0.3 is 14.8 Å². The van der Waals surface area contributed by atoms with Gasteiger partial charge in [-0.25, -0.2) is 0 Å². The fourth-order valence-electron chi connectivity index (χ4n) is 2.34. The topological polar surface area (TPSA) is 47.6 Å². The third kappa shape index (κ3) is 5.66. The van der Waals surface area contributed by atoms with Crippen LogP contribution in [0.25, 0.3) is 0 Å². The fourth-order valence-corrected chi connectivity index (χ4v) is 2.34. The molecule has 26 heavy (non-hydrogen) atoms. The number of hydrogen-bond acceptors (Lipinski definition) is 3. The van der Waals surface area contributed by atoms with E-state index in [4.69, 9.17) is 9.47 Å². The van der Waals surface area contributed by atoms with E-state index in [-0.39, 0.29) is 17.9 Å². The molecule has 2 aromatic rings. The van der Waals surface area contributed by atoms with Crippen molar-refractivity contribution in [2.45, 2.75) is 32.6 Å². The number of amides is 1. The normalized spacial score (nSPS) is 10.9. The summed E-state index contributed by atoms with van der Waals surface area (Å²) in [5.41, 5.74) is 2.09. The molecule has 1 amide bonds. The molecule has 2 aromatic carbocycles. The third-order valence-corrected chi connectivity index (χ3v) is 4.40. The molecule has 0 bridgehead atoms. The fraction of sp³-hybridized carbons (Fsp3) is 0.318. The molecule has 0 unspecified atom stereocenters. The van der Waals surface area contributed by atoms with Gasteiger partial charge in [0.1, 0.15) is 18.1 Å². The van der Waals surface area contributed by atoms with Crippen LogP contribution in [0.3, 0.4) is 0 Å². The Morgan fingerprint density at radius 3 is 2.19 bits per heavy atom. The summed E-state index contributed by atoms with van der Waals surface area (Å²) in [6.07, 6.45) is 2.75. The van der Waals surface area contributed by atoms with Crippen molar-refractivity contribution >= 4 is 11.6 Å². The minimum Gasteiger partial charge on any atom is -0.490 e. The minimum atomic E-state index is -0.206. The van der Waals surface area contributed by atoms with Gasteiger partial charge in [-0.3, -0.25) is 4.79 Å². The maximum absolute atomic E-state index is 12.0. The van der Waals surface area contributed by atoms with E-state index in [0.29, 0.717) is 18.0 Å². The Kier molecular flexibility index (Phi) is 6.84. The highest BCUT2D eigenvalue weighted by atomic mass is 16.5. The van der Waals surface area contributed by atoms with Crippen LogP contribution in [0.4, 0.5) is 5.69 Å². The molecule has 4 nitrogen and oxygen atoms in total. The molecule has 0 saturated heterocycles. The van der Waals surface area contributed by atoms with E-state index < -0.39 is 0 Å². The van der Waals surface area contributed by atoms with Crippen LogP contribution >= 0.6 is 0 Å². The lowest BCUT2D eigenvalue weighted by Gasteiger charge is -2.23. The maximum Gasteiger partial charge on any atom is 0.262 e. The van der Waals surface area contributed by atoms with E-state index >= 15 is 0 Å². The van der Waals surface area contributed by atoms with Gasteiger partial charge in [-0.1, -0.05) is 45.6 Å². The van der Waals surface area contributed by atoms with E-state index in [1.807, 2.05) is 12.1 Å². The largest absolute Gasteiger partial charge is 0.490 e. The molecule has 4 heteroatoms.